The Labute approximate surface area is 114 Å². The summed E-state index contributed by atoms with van der Waals surface area (Å²) in [4.78, 5) is 7.60. The quantitative estimate of drug-likeness (QED) is 0.683. The molecule has 96 valence electrons. The number of nitrogens with one attached hydrogen (secondary N) is 1. The molecular formula is C14H12FN3S. The molecule has 2 heterocycles. The molecule has 0 aliphatic rings. The molecule has 19 heavy (non-hydrogen) atoms. The van der Waals surface area contributed by atoms with E-state index in [1.807, 2.05) is 23.6 Å². The van der Waals surface area contributed by atoms with E-state index in [4.69, 9.17) is 12.2 Å². The molecule has 3 rings (SSSR count). The Morgan fingerprint density at radius 1 is 1.21 bits per heavy atom. The van der Waals surface area contributed by atoms with Gasteiger partial charge in [-0.3, -0.25) is 4.57 Å². The lowest BCUT2D eigenvalue weighted by Gasteiger charge is -2.06. The molecule has 0 aliphatic heterocycles. The second kappa shape index (κ2) is 4.28. The summed E-state index contributed by atoms with van der Waals surface area (Å²) in [7, 11) is 0. The topological polar surface area (TPSA) is 33.6 Å². The lowest BCUT2D eigenvalue weighted by molar-refractivity contribution is 0.618. The molecule has 0 saturated heterocycles. The van der Waals surface area contributed by atoms with Gasteiger partial charge in [0, 0.05) is 5.69 Å². The maximum absolute atomic E-state index is 13.4. The molecule has 2 aromatic heterocycles. The third-order valence-corrected chi connectivity index (χ3v) is 3.36. The molecule has 0 unspecified atom stereocenters. The van der Waals surface area contributed by atoms with Crippen molar-refractivity contribution >= 4 is 23.4 Å². The zero-order valence-electron chi connectivity index (χ0n) is 10.6. The average molecular weight is 273 g/mol. The summed E-state index contributed by atoms with van der Waals surface area (Å²) in [5, 5.41) is 0. The van der Waals surface area contributed by atoms with E-state index in [1.54, 1.807) is 19.1 Å². The molecule has 0 radical (unpaired) electrons. The standard InChI is InChI=1S/C14H12FN3S/c1-8-7-10(4-5-11(8)15)18-13-12(17-14(18)19)6-3-9(2)16-13/h3-7H,1-2H3,(H,17,19). The molecule has 3 nitrogen and oxygen atoms in total. The zero-order valence-corrected chi connectivity index (χ0v) is 11.4. The molecule has 0 aliphatic carbocycles. The van der Waals surface area contributed by atoms with Crippen molar-refractivity contribution in [2.75, 3.05) is 0 Å². The minimum absolute atomic E-state index is 0.223. The van der Waals surface area contributed by atoms with Gasteiger partial charge in [0.2, 0.25) is 0 Å². The predicted octanol–water partition coefficient (Wildman–Crippen LogP) is 3.84. The maximum Gasteiger partial charge on any atom is 0.183 e. The van der Waals surface area contributed by atoms with Crippen LogP contribution in [0.15, 0.2) is 30.3 Å². The smallest absolute Gasteiger partial charge is 0.183 e. The fourth-order valence-corrected chi connectivity index (χ4v) is 2.39. The highest BCUT2D eigenvalue weighted by molar-refractivity contribution is 7.71. The van der Waals surface area contributed by atoms with Gasteiger partial charge in [0.25, 0.3) is 0 Å². The Kier molecular flexibility index (Phi) is 2.71. The van der Waals surface area contributed by atoms with Crippen molar-refractivity contribution < 1.29 is 4.39 Å². The summed E-state index contributed by atoms with van der Waals surface area (Å²) < 4.78 is 15.7. The van der Waals surface area contributed by atoms with Crippen LogP contribution in [0.25, 0.3) is 16.9 Å². The molecule has 0 atom stereocenters. The number of imidazole rings is 1. The molecule has 1 N–H and O–H groups in total. The van der Waals surface area contributed by atoms with Crippen molar-refractivity contribution in [3.8, 4) is 5.69 Å². The lowest BCUT2D eigenvalue weighted by atomic mass is 10.2. The van der Waals surface area contributed by atoms with E-state index < -0.39 is 0 Å². The Morgan fingerprint density at radius 2 is 2.00 bits per heavy atom. The summed E-state index contributed by atoms with van der Waals surface area (Å²) in [5.41, 5.74) is 3.94. The minimum Gasteiger partial charge on any atom is -0.329 e. The second-order valence-electron chi connectivity index (χ2n) is 4.52. The molecule has 5 heteroatoms. The number of aromatic nitrogens is 3. The van der Waals surface area contributed by atoms with Crippen LogP contribution >= 0.6 is 12.2 Å². The first kappa shape index (κ1) is 12.0. The average Bonchev–Trinajstić information content (AvgIpc) is 2.68. The lowest BCUT2D eigenvalue weighted by Crippen LogP contribution is -1.97. The predicted molar refractivity (Wildman–Crippen MR) is 75.7 cm³/mol. The van der Waals surface area contributed by atoms with Gasteiger partial charge in [-0.05, 0) is 62.0 Å². The van der Waals surface area contributed by atoms with E-state index in [0.29, 0.717) is 10.3 Å². The first-order chi connectivity index (χ1) is 9.06. The van der Waals surface area contributed by atoms with E-state index in [0.717, 1.165) is 22.5 Å². The number of rotatable bonds is 1. The first-order valence-electron chi connectivity index (χ1n) is 5.91. The van der Waals surface area contributed by atoms with Gasteiger partial charge in [-0.2, -0.15) is 0 Å². The largest absolute Gasteiger partial charge is 0.329 e. The SMILES string of the molecule is Cc1ccc2[nH]c(=S)n(-c3ccc(F)c(C)c3)c2n1. The van der Waals surface area contributed by atoms with Gasteiger partial charge in [0.05, 0.1) is 11.2 Å². The molecule has 0 fully saturated rings. The van der Waals surface area contributed by atoms with Gasteiger partial charge >= 0.3 is 0 Å². The van der Waals surface area contributed by atoms with Crippen molar-refractivity contribution in [3.63, 3.8) is 0 Å². The fraction of sp³-hybridized carbons (Fsp3) is 0.143. The highest BCUT2D eigenvalue weighted by atomic mass is 32.1. The zero-order chi connectivity index (χ0) is 13.6. The molecular weight excluding hydrogens is 261 g/mol. The number of benzene rings is 1. The maximum atomic E-state index is 13.4. The van der Waals surface area contributed by atoms with Crippen LogP contribution in [-0.4, -0.2) is 14.5 Å². The summed E-state index contributed by atoms with van der Waals surface area (Å²) in [6.07, 6.45) is 0. The van der Waals surface area contributed by atoms with Crippen LogP contribution in [-0.2, 0) is 0 Å². The van der Waals surface area contributed by atoms with Gasteiger partial charge in [0.1, 0.15) is 5.82 Å². The Hall–Kier alpha value is -2.01. The number of nitrogens with zero attached hydrogens (tertiary/aromatic N) is 2. The number of H-pyrrole nitrogens is 1. The fourth-order valence-electron chi connectivity index (χ4n) is 2.09. The van der Waals surface area contributed by atoms with Crippen LogP contribution in [0.1, 0.15) is 11.3 Å². The second-order valence-corrected chi connectivity index (χ2v) is 4.91. The first-order valence-corrected chi connectivity index (χ1v) is 6.32. The monoisotopic (exact) mass is 273 g/mol. The molecule has 0 amide bonds. The van der Waals surface area contributed by atoms with Crippen molar-refractivity contribution in [1.29, 1.82) is 0 Å². The van der Waals surface area contributed by atoms with Crippen LogP contribution in [0, 0.1) is 24.4 Å². The molecule has 1 aromatic carbocycles. The number of halogens is 1. The molecule has 3 aromatic rings. The van der Waals surface area contributed by atoms with E-state index in [2.05, 4.69) is 9.97 Å². The van der Waals surface area contributed by atoms with Crippen LogP contribution in [0.5, 0.6) is 0 Å². The van der Waals surface area contributed by atoms with Gasteiger partial charge in [-0.25, -0.2) is 9.37 Å². The highest BCUT2D eigenvalue weighted by Crippen LogP contribution is 2.20. The molecule has 0 bridgehead atoms. The summed E-state index contributed by atoms with van der Waals surface area (Å²) >= 11 is 5.33. The number of aryl methyl sites for hydroxylation is 2. The van der Waals surface area contributed by atoms with Crippen LogP contribution < -0.4 is 0 Å². The van der Waals surface area contributed by atoms with Crippen molar-refractivity contribution in [2.24, 2.45) is 0 Å². The number of fused-ring (bicyclic) bond motifs is 1. The van der Waals surface area contributed by atoms with E-state index >= 15 is 0 Å². The molecule has 0 saturated carbocycles. The number of hydrogen-bond acceptors (Lipinski definition) is 2. The van der Waals surface area contributed by atoms with Crippen molar-refractivity contribution in [2.45, 2.75) is 13.8 Å². The van der Waals surface area contributed by atoms with Crippen LogP contribution in [0.2, 0.25) is 0 Å². The summed E-state index contributed by atoms with van der Waals surface area (Å²) in [6, 6.07) is 8.78. The van der Waals surface area contributed by atoms with Crippen LogP contribution in [0.3, 0.4) is 0 Å². The number of aromatic amines is 1. The van der Waals surface area contributed by atoms with Gasteiger partial charge in [-0.1, -0.05) is 0 Å². The summed E-state index contributed by atoms with van der Waals surface area (Å²) in [6.45, 7) is 3.66. The van der Waals surface area contributed by atoms with Gasteiger partial charge in [0.15, 0.2) is 10.4 Å². The number of hydrogen-bond donors (Lipinski definition) is 1. The summed E-state index contributed by atoms with van der Waals surface area (Å²) in [5.74, 6) is -0.223. The van der Waals surface area contributed by atoms with Gasteiger partial charge < -0.3 is 4.98 Å². The van der Waals surface area contributed by atoms with E-state index in [-0.39, 0.29) is 5.82 Å². The van der Waals surface area contributed by atoms with Crippen molar-refractivity contribution in [3.05, 3.63) is 52.2 Å². The number of pyridine rings is 1. The molecule has 0 spiro atoms. The Bertz CT molecular complexity index is 832. The van der Waals surface area contributed by atoms with E-state index in [9.17, 15) is 4.39 Å². The third-order valence-electron chi connectivity index (χ3n) is 3.07. The third kappa shape index (κ3) is 1.96. The van der Waals surface area contributed by atoms with Crippen molar-refractivity contribution in [1.82, 2.24) is 14.5 Å². The highest BCUT2D eigenvalue weighted by Gasteiger charge is 2.09. The normalized spacial score (nSPS) is 11.1. The van der Waals surface area contributed by atoms with Crippen LogP contribution in [0.4, 0.5) is 4.39 Å². The minimum atomic E-state index is -0.223. The van der Waals surface area contributed by atoms with Gasteiger partial charge in [-0.15, -0.1) is 0 Å². The van der Waals surface area contributed by atoms with E-state index in [1.165, 1.54) is 6.07 Å². The Morgan fingerprint density at radius 3 is 2.74 bits per heavy atom. The Balaban J connectivity index is 2.35.